The average Bonchev–Trinajstić information content (AvgIpc) is 2.88. The van der Waals surface area contributed by atoms with Crippen LogP contribution in [0.15, 0.2) is 28.7 Å². The fourth-order valence-electron chi connectivity index (χ4n) is 4.59. The van der Waals surface area contributed by atoms with Gasteiger partial charge in [0.15, 0.2) is 0 Å². The van der Waals surface area contributed by atoms with E-state index < -0.39 is 0 Å². The van der Waals surface area contributed by atoms with E-state index in [9.17, 15) is 0 Å². The molecule has 24 heavy (non-hydrogen) atoms. The van der Waals surface area contributed by atoms with Gasteiger partial charge in [-0.25, -0.2) is 4.90 Å². The summed E-state index contributed by atoms with van der Waals surface area (Å²) in [4.78, 5) is 2.39. The van der Waals surface area contributed by atoms with Gasteiger partial charge < -0.3 is 9.47 Å². The number of rotatable bonds is 3. The Morgan fingerprint density at radius 1 is 1.21 bits per heavy atom. The first-order valence-electron chi connectivity index (χ1n) is 9.17. The van der Waals surface area contributed by atoms with Crippen molar-refractivity contribution in [3.63, 3.8) is 0 Å². The van der Waals surface area contributed by atoms with E-state index >= 15 is 0 Å². The Morgan fingerprint density at radius 2 is 1.92 bits per heavy atom. The molecule has 4 rings (SSSR count). The molecule has 132 valence electrons. The summed E-state index contributed by atoms with van der Waals surface area (Å²) in [7, 11) is 0. The average molecular weight is 394 g/mol. The van der Waals surface area contributed by atoms with Crippen LogP contribution in [-0.2, 0) is 9.47 Å². The molecule has 0 aromatic heterocycles. The first-order valence-corrected chi connectivity index (χ1v) is 9.97. The molecule has 0 bridgehead atoms. The summed E-state index contributed by atoms with van der Waals surface area (Å²) in [6, 6.07) is 8.91. The summed E-state index contributed by atoms with van der Waals surface area (Å²) < 4.78 is 13.8. The van der Waals surface area contributed by atoms with E-state index in [0.29, 0.717) is 12.8 Å². The largest absolute Gasteiger partial charge is 0.359 e. The summed E-state index contributed by atoms with van der Waals surface area (Å²) in [6.45, 7) is 8.62. The van der Waals surface area contributed by atoms with E-state index in [-0.39, 0.29) is 17.2 Å². The number of nitrogens with zero attached hydrogens (tertiary/aromatic N) is 1. The van der Waals surface area contributed by atoms with Crippen molar-refractivity contribution in [1.29, 1.82) is 0 Å². The standard InChI is InChI=1S/C20H28BrNO2/c1-19(2,15-5-4-6-15)20(3)11-17-12-23-18(22(17)13-24-20)14-7-9-16(21)10-8-14/h7-10,15,17-18H,4-6,11-13H2,1-3H3/t17-,18+,20?/m0/s1. The lowest BCUT2D eigenvalue weighted by atomic mass is 9.58. The molecule has 2 saturated heterocycles. The Balaban J connectivity index is 1.50. The van der Waals surface area contributed by atoms with Crippen LogP contribution in [0.1, 0.15) is 58.2 Å². The highest BCUT2D eigenvalue weighted by Gasteiger charge is 2.54. The monoisotopic (exact) mass is 393 g/mol. The van der Waals surface area contributed by atoms with Crippen molar-refractivity contribution in [3.05, 3.63) is 34.3 Å². The molecule has 0 N–H and O–H groups in total. The molecule has 2 aliphatic heterocycles. The third kappa shape index (κ3) is 2.66. The van der Waals surface area contributed by atoms with E-state index in [2.05, 4.69) is 65.9 Å². The third-order valence-electron chi connectivity index (χ3n) is 7.02. The van der Waals surface area contributed by atoms with Crippen LogP contribution < -0.4 is 0 Å². The summed E-state index contributed by atoms with van der Waals surface area (Å²) in [6.07, 6.45) is 5.19. The molecule has 0 amide bonds. The first-order chi connectivity index (χ1) is 11.4. The maximum atomic E-state index is 6.51. The maximum absolute atomic E-state index is 6.51. The molecular weight excluding hydrogens is 366 g/mol. The number of benzene rings is 1. The summed E-state index contributed by atoms with van der Waals surface area (Å²) in [5.74, 6) is 0.804. The Labute approximate surface area is 153 Å². The van der Waals surface area contributed by atoms with Crippen molar-refractivity contribution >= 4 is 15.9 Å². The lowest BCUT2D eigenvalue weighted by molar-refractivity contribution is -0.220. The van der Waals surface area contributed by atoms with Crippen LogP contribution in [0.5, 0.6) is 0 Å². The predicted molar refractivity (Wildman–Crippen MR) is 98.6 cm³/mol. The van der Waals surface area contributed by atoms with Crippen molar-refractivity contribution in [3.8, 4) is 0 Å². The number of fused-ring (bicyclic) bond motifs is 1. The van der Waals surface area contributed by atoms with Crippen molar-refractivity contribution in [2.75, 3.05) is 13.3 Å². The first kappa shape index (κ1) is 17.0. The molecule has 1 aliphatic carbocycles. The van der Waals surface area contributed by atoms with Gasteiger partial charge in [0, 0.05) is 10.5 Å². The number of ether oxygens (including phenoxy) is 2. The van der Waals surface area contributed by atoms with E-state index in [4.69, 9.17) is 9.47 Å². The normalized spacial score (nSPS) is 34.8. The molecule has 1 aromatic carbocycles. The molecule has 3 atom stereocenters. The Morgan fingerprint density at radius 3 is 2.54 bits per heavy atom. The SMILES string of the molecule is CC1(C(C)(C)C2CCC2)C[C@H]2CO[C@H](c3ccc(Br)cc3)N2CO1. The minimum absolute atomic E-state index is 0.0273. The van der Waals surface area contributed by atoms with Gasteiger partial charge in [0.1, 0.15) is 13.0 Å². The van der Waals surface area contributed by atoms with Crippen LogP contribution in [0, 0.1) is 11.3 Å². The highest BCUT2D eigenvalue weighted by Crippen LogP contribution is 2.53. The quantitative estimate of drug-likeness (QED) is 0.711. The van der Waals surface area contributed by atoms with Crippen LogP contribution >= 0.6 is 15.9 Å². The lowest BCUT2D eigenvalue weighted by Crippen LogP contribution is -2.58. The second-order valence-electron chi connectivity index (χ2n) is 8.46. The molecule has 3 nitrogen and oxygen atoms in total. The zero-order valence-electron chi connectivity index (χ0n) is 14.9. The molecule has 0 radical (unpaired) electrons. The maximum Gasteiger partial charge on any atom is 0.138 e. The molecule has 3 aliphatic rings. The van der Waals surface area contributed by atoms with Gasteiger partial charge in [-0.3, -0.25) is 0 Å². The lowest BCUT2D eigenvalue weighted by Gasteiger charge is -2.55. The van der Waals surface area contributed by atoms with Gasteiger partial charge in [0.2, 0.25) is 0 Å². The van der Waals surface area contributed by atoms with Crippen molar-refractivity contribution in [2.24, 2.45) is 11.3 Å². The van der Waals surface area contributed by atoms with Crippen LogP contribution in [-0.4, -0.2) is 29.9 Å². The minimum Gasteiger partial charge on any atom is -0.359 e. The van der Waals surface area contributed by atoms with Gasteiger partial charge in [-0.15, -0.1) is 0 Å². The summed E-state index contributed by atoms with van der Waals surface area (Å²) in [5.41, 5.74) is 1.38. The van der Waals surface area contributed by atoms with Crippen LogP contribution in [0.4, 0.5) is 0 Å². The highest BCUT2D eigenvalue weighted by molar-refractivity contribution is 9.10. The summed E-state index contributed by atoms with van der Waals surface area (Å²) >= 11 is 3.51. The Bertz CT molecular complexity index is 598. The van der Waals surface area contributed by atoms with Gasteiger partial charge in [-0.1, -0.05) is 48.3 Å². The Kier molecular flexibility index (Phi) is 4.31. The Hall–Kier alpha value is -0.420. The molecule has 0 spiro atoms. The van der Waals surface area contributed by atoms with Gasteiger partial charge in [-0.05, 0) is 55.2 Å². The van der Waals surface area contributed by atoms with Crippen LogP contribution in [0.25, 0.3) is 0 Å². The van der Waals surface area contributed by atoms with Crippen molar-refractivity contribution in [2.45, 2.75) is 64.3 Å². The zero-order valence-corrected chi connectivity index (χ0v) is 16.5. The van der Waals surface area contributed by atoms with E-state index in [0.717, 1.165) is 23.4 Å². The minimum atomic E-state index is -0.0583. The molecule has 1 unspecified atom stereocenters. The van der Waals surface area contributed by atoms with E-state index in [1.54, 1.807) is 0 Å². The number of halogens is 1. The van der Waals surface area contributed by atoms with Crippen molar-refractivity contribution in [1.82, 2.24) is 4.90 Å². The fourth-order valence-corrected chi connectivity index (χ4v) is 4.85. The van der Waals surface area contributed by atoms with Gasteiger partial charge in [0.05, 0.1) is 12.2 Å². The number of hydrogen-bond acceptors (Lipinski definition) is 3. The third-order valence-corrected chi connectivity index (χ3v) is 7.55. The molecular formula is C20H28BrNO2. The predicted octanol–water partition coefficient (Wildman–Crippen LogP) is 5.11. The highest BCUT2D eigenvalue weighted by atomic mass is 79.9. The molecule has 1 aromatic rings. The van der Waals surface area contributed by atoms with Crippen molar-refractivity contribution < 1.29 is 9.47 Å². The van der Waals surface area contributed by atoms with E-state index in [1.165, 1.54) is 24.8 Å². The molecule has 3 fully saturated rings. The van der Waals surface area contributed by atoms with E-state index in [1.807, 2.05) is 0 Å². The van der Waals surface area contributed by atoms with Gasteiger partial charge >= 0.3 is 0 Å². The topological polar surface area (TPSA) is 21.7 Å². The second-order valence-corrected chi connectivity index (χ2v) is 9.38. The van der Waals surface area contributed by atoms with Crippen LogP contribution in [0.2, 0.25) is 0 Å². The summed E-state index contributed by atoms with van der Waals surface area (Å²) in [5, 5.41) is 0. The molecule has 1 saturated carbocycles. The second kappa shape index (κ2) is 6.08. The van der Waals surface area contributed by atoms with Gasteiger partial charge in [0.25, 0.3) is 0 Å². The van der Waals surface area contributed by atoms with Crippen LogP contribution in [0.3, 0.4) is 0 Å². The van der Waals surface area contributed by atoms with Gasteiger partial charge in [-0.2, -0.15) is 0 Å². The smallest absolute Gasteiger partial charge is 0.138 e. The zero-order chi connectivity index (χ0) is 16.9. The molecule has 4 heteroatoms. The number of hydrogen-bond donors (Lipinski definition) is 0. The molecule has 2 heterocycles. The fraction of sp³-hybridized carbons (Fsp3) is 0.700.